The lowest BCUT2D eigenvalue weighted by Crippen LogP contribution is -2.19. The minimum Gasteiger partial charge on any atom is -0.335 e. The van der Waals surface area contributed by atoms with Crippen molar-refractivity contribution in [3.63, 3.8) is 0 Å². The van der Waals surface area contributed by atoms with Gasteiger partial charge in [-0.2, -0.15) is 5.10 Å². The molecule has 38 heavy (non-hydrogen) atoms. The topological polar surface area (TPSA) is 128 Å². The van der Waals surface area contributed by atoms with E-state index in [-0.39, 0.29) is 11.4 Å². The molecule has 0 bridgehead atoms. The number of aliphatic imine (C=N–C) groups is 1. The Hall–Kier alpha value is -4.60. The Kier molecular flexibility index (Phi) is 6.62. The maximum atomic E-state index is 12.0. The zero-order valence-electron chi connectivity index (χ0n) is 22.2. The highest BCUT2D eigenvalue weighted by molar-refractivity contribution is 5.99. The number of aromatic nitrogens is 6. The van der Waals surface area contributed by atoms with Gasteiger partial charge in [-0.15, -0.1) is 0 Å². The Morgan fingerprint density at radius 2 is 1.89 bits per heavy atom. The quantitative estimate of drug-likeness (QED) is 0.195. The average molecular weight is 510 g/mol. The number of anilines is 2. The number of hydrogen-bond acceptors (Lipinski definition) is 6. The molecule has 10 heteroatoms. The van der Waals surface area contributed by atoms with E-state index in [2.05, 4.69) is 62.3 Å². The first-order valence-corrected chi connectivity index (χ1v) is 12.6. The third-order valence-corrected chi connectivity index (χ3v) is 5.99. The molecule has 1 aromatic carbocycles. The van der Waals surface area contributed by atoms with Crippen LogP contribution in [0.5, 0.6) is 0 Å². The van der Waals surface area contributed by atoms with Crippen molar-refractivity contribution in [3.05, 3.63) is 49.1 Å². The van der Waals surface area contributed by atoms with Crippen LogP contribution in [-0.2, 0) is 4.79 Å². The van der Waals surface area contributed by atoms with Crippen LogP contribution in [0.1, 0.15) is 40.5 Å². The second-order valence-electron chi connectivity index (χ2n) is 10.3. The van der Waals surface area contributed by atoms with Crippen molar-refractivity contribution in [2.24, 2.45) is 4.99 Å². The molecule has 5 aromatic rings. The van der Waals surface area contributed by atoms with Crippen LogP contribution < -0.4 is 10.2 Å². The lowest BCUT2D eigenvalue weighted by molar-refractivity contribution is -0.116. The molecule has 0 atom stereocenters. The maximum absolute atomic E-state index is 12.0. The molecule has 10 nitrogen and oxygen atoms in total. The minimum absolute atomic E-state index is 0.0203. The normalized spacial score (nSPS) is 12.0. The monoisotopic (exact) mass is 509 g/mol. The zero-order valence-corrected chi connectivity index (χ0v) is 22.2. The number of amides is 1. The largest absolute Gasteiger partial charge is 0.335 e. The molecular formula is C28H31N9O. The molecule has 1 amide bonds. The predicted octanol–water partition coefficient (Wildman–Crippen LogP) is 5.56. The SMILES string of the molecule is CCCC(=O)Nc1cncc(-c2ccc3[nH]nc(-c4nc5c(N(C)/C=N\C(C)(C)C)cncc5[nH]4)c3c2)c1. The summed E-state index contributed by atoms with van der Waals surface area (Å²) in [5.74, 6) is 0.616. The van der Waals surface area contributed by atoms with E-state index >= 15 is 0 Å². The van der Waals surface area contributed by atoms with Crippen LogP contribution in [0.25, 0.3) is 44.6 Å². The first kappa shape index (κ1) is 25.1. The Morgan fingerprint density at radius 1 is 1.08 bits per heavy atom. The molecule has 0 spiro atoms. The molecular weight excluding hydrogens is 478 g/mol. The molecule has 0 unspecified atom stereocenters. The first-order valence-electron chi connectivity index (χ1n) is 12.6. The van der Waals surface area contributed by atoms with Gasteiger partial charge in [0.25, 0.3) is 0 Å². The average Bonchev–Trinajstić information content (AvgIpc) is 3.50. The van der Waals surface area contributed by atoms with Crippen LogP contribution in [0.4, 0.5) is 11.4 Å². The van der Waals surface area contributed by atoms with Crippen molar-refractivity contribution in [2.45, 2.75) is 46.1 Å². The summed E-state index contributed by atoms with van der Waals surface area (Å²) in [5, 5.41) is 11.5. The third kappa shape index (κ3) is 5.24. The third-order valence-electron chi connectivity index (χ3n) is 5.99. The fraction of sp³-hybridized carbons (Fsp3) is 0.286. The van der Waals surface area contributed by atoms with Crippen molar-refractivity contribution < 1.29 is 4.79 Å². The molecule has 4 heterocycles. The molecule has 4 aromatic heterocycles. The van der Waals surface area contributed by atoms with E-state index < -0.39 is 0 Å². The maximum Gasteiger partial charge on any atom is 0.224 e. The van der Waals surface area contributed by atoms with Crippen LogP contribution >= 0.6 is 0 Å². The van der Waals surface area contributed by atoms with Gasteiger partial charge < -0.3 is 15.2 Å². The summed E-state index contributed by atoms with van der Waals surface area (Å²) in [6.07, 6.45) is 10.0. The molecule has 0 saturated carbocycles. The summed E-state index contributed by atoms with van der Waals surface area (Å²) >= 11 is 0. The zero-order chi connectivity index (χ0) is 26.9. The van der Waals surface area contributed by atoms with Gasteiger partial charge in [0.05, 0.1) is 52.9 Å². The Morgan fingerprint density at radius 3 is 2.68 bits per heavy atom. The number of carbonyl (C=O) groups excluding carboxylic acids is 1. The molecule has 5 rings (SSSR count). The Balaban J connectivity index is 1.51. The van der Waals surface area contributed by atoms with E-state index in [1.807, 2.05) is 37.1 Å². The number of benzene rings is 1. The number of pyridine rings is 2. The second kappa shape index (κ2) is 10.0. The standard InChI is InChI=1S/C28H31N9O/c1-6-7-24(38)32-19-10-18(12-29-13-19)17-8-9-21-20(11-17)25(36-35-21)27-33-22-14-30-15-23(26(22)34-27)37(5)16-31-28(2,3)4/h8-16H,6-7H2,1-5H3,(H,32,38)(H,33,34)(H,35,36)/b31-16-. The summed E-state index contributed by atoms with van der Waals surface area (Å²) < 4.78 is 0. The lowest BCUT2D eigenvalue weighted by Gasteiger charge is -2.17. The van der Waals surface area contributed by atoms with Crippen LogP contribution in [0, 0.1) is 0 Å². The number of imidazole rings is 1. The molecule has 0 aliphatic rings. The van der Waals surface area contributed by atoms with Crippen molar-refractivity contribution in [1.29, 1.82) is 0 Å². The van der Waals surface area contributed by atoms with Gasteiger partial charge in [-0.1, -0.05) is 13.0 Å². The highest BCUT2D eigenvalue weighted by Crippen LogP contribution is 2.32. The molecule has 0 fully saturated rings. The number of aromatic amines is 2. The van der Waals surface area contributed by atoms with Gasteiger partial charge in [-0.25, -0.2) is 4.98 Å². The molecule has 0 radical (unpaired) electrons. The van der Waals surface area contributed by atoms with Crippen molar-refractivity contribution in [2.75, 3.05) is 17.3 Å². The van der Waals surface area contributed by atoms with Gasteiger partial charge >= 0.3 is 0 Å². The van der Waals surface area contributed by atoms with E-state index in [1.165, 1.54) is 0 Å². The minimum atomic E-state index is -0.186. The van der Waals surface area contributed by atoms with Gasteiger partial charge in [0.1, 0.15) is 11.2 Å². The summed E-state index contributed by atoms with van der Waals surface area (Å²) in [5.41, 5.74) is 6.35. The molecule has 194 valence electrons. The lowest BCUT2D eigenvalue weighted by atomic mass is 10.0. The van der Waals surface area contributed by atoms with Gasteiger partial charge in [-0.05, 0) is 51.0 Å². The summed E-state index contributed by atoms with van der Waals surface area (Å²) in [6.45, 7) is 8.13. The van der Waals surface area contributed by atoms with Crippen molar-refractivity contribution in [3.8, 4) is 22.6 Å². The fourth-order valence-electron chi connectivity index (χ4n) is 4.10. The smallest absolute Gasteiger partial charge is 0.224 e. The number of carbonyl (C=O) groups is 1. The summed E-state index contributed by atoms with van der Waals surface area (Å²) in [7, 11) is 1.93. The molecule has 0 saturated heterocycles. The van der Waals surface area contributed by atoms with Crippen molar-refractivity contribution >= 4 is 45.6 Å². The summed E-state index contributed by atoms with van der Waals surface area (Å²) in [4.78, 5) is 35.6. The van der Waals surface area contributed by atoms with Crippen LogP contribution in [0.3, 0.4) is 0 Å². The number of hydrogen-bond donors (Lipinski definition) is 3. The Bertz CT molecular complexity index is 1640. The van der Waals surface area contributed by atoms with E-state index in [4.69, 9.17) is 4.98 Å². The fourth-order valence-corrected chi connectivity index (χ4v) is 4.10. The van der Waals surface area contributed by atoms with E-state index in [1.54, 1.807) is 31.1 Å². The van der Waals surface area contributed by atoms with Gasteiger partial charge in [0.15, 0.2) is 5.82 Å². The highest BCUT2D eigenvalue weighted by Gasteiger charge is 2.17. The predicted molar refractivity (Wildman–Crippen MR) is 152 cm³/mol. The summed E-state index contributed by atoms with van der Waals surface area (Å²) in [6, 6.07) is 7.96. The number of rotatable bonds is 7. The van der Waals surface area contributed by atoms with Crippen molar-refractivity contribution in [1.82, 2.24) is 30.1 Å². The Labute approximate surface area is 220 Å². The first-order chi connectivity index (χ1) is 18.2. The van der Waals surface area contributed by atoms with Gasteiger partial charge in [0.2, 0.25) is 5.91 Å². The molecule has 3 N–H and O–H groups in total. The van der Waals surface area contributed by atoms with E-state index in [0.717, 1.165) is 45.2 Å². The van der Waals surface area contributed by atoms with Crippen LogP contribution in [0.2, 0.25) is 0 Å². The van der Waals surface area contributed by atoms with Gasteiger partial charge in [0, 0.05) is 30.6 Å². The number of H-pyrrole nitrogens is 2. The van der Waals surface area contributed by atoms with Crippen LogP contribution in [0.15, 0.2) is 54.0 Å². The number of nitrogens with zero attached hydrogens (tertiary/aromatic N) is 6. The number of fused-ring (bicyclic) bond motifs is 2. The molecule has 0 aliphatic carbocycles. The number of nitrogens with one attached hydrogen (secondary N) is 3. The van der Waals surface area contributed by atoms with E-state index in [0.29, 0.717) is 23.6 Å². The van der Waals surface area contributed by atoms with Gasteiger partial charge in [-0.3, -0.25) is 24.9 Å². The second-order valence-corrected chi connectivity index (χ2v) is 10.3. The van der Waals surface area contributed by atoms with Crippen LogP contribution in [-0.4, -0.2) is 55.0 Å². The highest BCUT2D eigenvalue weighted by atomic mass is 16.1. The molecule has 0 aliphatic heterocycles. The van der Waals surface area contributed by atoms with E-state index in [9.17, 15) is 4.79 Å².